The van der Waals surface area contributed by atoms with Gasteiger partial charge in [-0.05, 0) is 6.07 Å². The summed E-state index contributed by atoms with van der Waals surface area (Å²) in [5.74, 6) is -1.99. The summed E-state index contributed by atoms with van der Waals surface area (Å²) in [6.45, 7) is 0.153. The molecule has 1 aromatic carbocycles. The van der Waals surface area contributed by atoms with E-state index in [4.69, 9.17) is 22.1 Å². The molecule has 1 N–H and O–H groups in total. The molecule has 0 aliphatic carbocycles. The van der Waals surface area contributed by atoms with E-state index in [1.807, 2.05) is 0 Å². The highest BCUT2D eigenvalue weighted by molar-refractivity contribution is 8.26. The van der Waals surface area contributed by atoms with Gasteiger partial charge in [-0.15, -0.1) is 0 Å². The summed E-state index contributed by atoms with van der Waals surface area (Å²) in [4.78, 5) is 39.4. The van der Waals surface area contributed by atoms with E-state index in [2.05, 4.69) is 0 Å². The summed E-state index contributed by atoms with van der Waals surface area (Å²) >= 11 is 6.29. The molecular formula is C16H14N2O5S2. The van der Waals surface area contributed by atoms with Gasteiger partial charge in [0, 0.05) is 12.7 Å². The van der Waals surface area contributed by atoms with Crippen LogP contribution >= 0.6 is 24.0 Å². The number of benzene rings is 1. The van der Waals surface area contributed by atoms with Gasteiger partial charge in [0.2, 0.25) is 0 Å². The molecule has 1 aromatic rings. The van der Waals surface area contributed by atoms with E-state index in [9.17, 15) is 14.4 Å². The van der Waals surface area contributed by atoms with Gasteiger partial charge in [-0.25, -0.2) is 0 Å². The lowest BCUT2D eigenvalue weighted by Crippen LogP contribution is -2.33. The number of aliphatic carboxylic acids is 1. The molecule has 1 saturated heterocycles. The zero-order chi connectivity index (χ0) is 18.1. The highest BCUT2D eigenvalue weighted by atomic mass is 32.2. The second-order valence-electron chi connectivity index (χ2n) is 5.32. The average Bonchev–Trinajstić information content (AvgIpc) is 3.00. The van der Waals surface area contributed by atoms with E-state index in [0.29, 0.717) is 28.7 Å². The standard InChI is InChI=1S/C16H14N2O5S2/c1-23-7-6-17-15(22)13(25-16(17)24)12-9-4-2-3-5-10(9)18(14(12)21)8-11(19)20/h2-5H,6-8H2,1H3,(H,19,20). The SMILES string of the molecule is COCCN1C(=O)C(=C2C(=O)N(CC(=O)O)c3ccccc32)SC1=S. The summed E-state index contributed by atoms with van der Waals surface area (Å²) in [6, 6.07) is 6.82. The molecule has 2 aliphatic rings. The largest absolute Gasteiger partial charge is 0.480 e. The zero-order valence-corrected chi connectivity index (χ0v) is 14.9. The van der Waals surface area contributed by atoms with E-state index in [1.165, 1.54) is 12.0 Å². The number of carboxylic acid groups (broad SMARTS) is 1. The van der Waals surface area contributed by atoms with Crippen molar-refractivity contribution in [2.75, 3.05) is 31.7 Å². The molecule has 1 fully saturated rings. The quantitative estimate of drug-likeness (QED) is 0.611. The Morgan fingerprint density at radius 2 is 1.96 bits per heavy atom. The fraction of sp³-hybridized carbons (Fsp3) is 0.250. The van der Waals surface area contributed by atoms with Crippen LogP contribution in [0.4, 0.5) is 5.69 Å². The molecule has 0 radical (unpaired) electrons. The molecule has 0 saturated carbocycles. The van der Waals surface area contributed by atoms with Gasteiger partial charge in [0.1, 0.15) is 10.9 Å². The number of amides is 2. The number of para-hydroxylation sites is 1. The van der Waals surface area contributed by atoms with Gasteiger partial charge in [-0.2, -0.15) is 0 Å². The van der Waals surface area contributed by atoms with E-state index >= 15 is 0 Å². The molecule has 130 valence electrons. The number of methoxy groups -OCH3 is 1. The van der Waals surface area contributed by atoms with Crippen molar-refractivity contribution >= 4 is 57.3 Å². The maximum Gasteiger partial charge on any atom is 0.323 e. The molecule has 2 heterocycles. The number of fused-ring (bicyclic) bond motifs is 1. The number of nitrogens with zero attached hydrogens (tertiary/aromatic N) is 2. The lowest BCUT2D eigenvalue weighted by molar-refractivity contribution is -0.136. The topological polar surface area (TPSA) is 87.2 Å². The first-order valence-corrected chi connectivity index (χ1v) is 8.58. The number of ether oxygens (including phenoxy) is 1. The third kappa shape index (κ3) is 3.06. The molecule has 0 bridgehead atoms. The van der Waals surface area contributed by atoms with Crippen molar-refractivity contribution in [1.82, 2.24) is 4.90 Å². The van der Waals surface area contributed by atoms with E-state index in [0.717, 1.165) is 16.7 Å². The number of carbonyl (C=O) groups is 3. The Bertz CT molecular complexity index is 820. The third-order valence-electron chi connectivity index (χ3n) is 3.81. The first kappa shape index (κ1) is 17.6. The second-order valence-corrected chi connectivity index (χ2v) is 6.97. The molecule has 0 spiro atoms. The fourth-order valence-electron chi connectivity index (χ4n) is 2.72. The van der Waals surface area contributed by atoms with Crippen LogP contribution in [0.1, 0.15) is 5.56 Å². The minimum Gasteiger partial charge on any atom is -0.480 e. The van der Waals surface area contributed by atoms with Gasteiger partial charge in [0.25, 0.3) is 11.8 Å². The molecule has 0 aromatic heterocycles. The van der Waals surface area contributed by atoms with Crippen molar-refractivity contribution in [3.05, 3.63) is 34.7 Å². The van der Waals surface area contributed by atoms with Gasteiger partial charge in [0.05, 0.1) is 29.3 Å². The number of carbonyl (C=O) groups excluding carboxylic acids is 2. The Morgan fingerprint density at radius 1 is 1.24 bits per heavy atom. The van der Waals surface area contributed by atoms with Crippen LogP contribution in [0, 0.1) is 0 Å². The molecule has 2 amide bonds. The second kappa shape index (κ2) is 6.95. The average molecular weight is 378 g/mol. The van der Waals surface area contributed by atoms with Crippen molar-refractivity contribution in [3.8, 4) is 0 Å². The van der Waals surface area contributed by atoms with E-state index in [-0.39, 0.29) is 16.4 Å². The van der Waals surface area contributed by atoms with Crippen LogP contribution in [0.2, 0.25) is 0 Å². The number of hydrogen-bond donors (Lipinski definition) is 1. The number of thioether (sulfide) groups is 1. The lowest BCUT2D eigenvalue weighted by atomic mass is 10.1. The number of anilines is 1. The van der Waals surface area contributed by atoms with E-state index < -0.39 is 18.4 Å². The Morgan fingerprint density at radius 3 is 2.64 bits per heavy atom. The minimum absolute atomic E-state index is 0.203. The molecule has 3 rings (SSSR count). The van der Waals surface area contributed by atoms with Crippen molar-refractivity contribution in [2.45, 2.75) is 0 Å². The lowest BCUT2D eigenvalue weighted by Gasteiger charge is -2.14. The normalized spacial score (nSPS) is 19.8. The molecule has 7 nitrogen and oxygen atoms in total. The predicted octanol–water partition coefficient (Wildman–Crippen LogP) is 1.34. The molecule has 2 aliphatic heterocycles. The van der Waals surface area contributed by atoms with Crippen LogP contribution in [0.5, 0.6) is 0 Å². The molecule has 0 atom stereocenters. The van der Waals surface area contributed by atoms with Gasteiger partial charge < -0.3 is 9.84 Å². The summed E-state index contributed by atoms with van der Waals surface area (Å²) in [6.07, 6.45) is 0. The molecule has 25 heavy (non-hydrogen) atoms. The van der Waals surface area contributed by atoms with Gasteiger partial charge in [-0.3, -0.25) is 24.2 Å². The Kier molecular flexibility index (Phi) is 4.89. The highest BCUT2D eigenvalue weighted by Gasteiger charge is 2.42. The first-order chi connectivity index (χ1) is 12.0. The Labute approximate surface area is 153 Å². The van der Waals surface area contributed by atoms with Gasteiger partial charge in [-0.1, -0.05) is 42.2 Å². The maximum absolute atomic E-state index is 12.8. The fourth-order valence-corrected chi connectivity index (χ4v) is 4.10. The van der Waals surface area contributed by atoms with Crippen molar-refractivity contribution < 1.29 is 24.2 Å². The van der Waals surface area contributed by atoms with Crippen LogP contribution in [-0.2, 0) is 19.1 Å². The van der Waals surface area contributed by atoms with Crippen molar-refractivity contribution in [1.29, 1.82) is 0 Å². The zero-order valence-electron chi connectivity index (χ0n) is 13.2. The van der Waals surface area contributed by atoms with Gasteiger partial charge >= 0.3 is 5.97 Å². The van der Waals surface area contributed by atoms with Crippen LogP contribution in [0.25, 0.3) is 5.57 Å². The number of rotatable bonds is 5. The summed E-state index contributed by atoms with van der Waals surface area (Å²) in [5, 5.41) is 9.08. The van der Waals surface area contributed by atoms with Crippen molar-refractivity contribution in [3.63, 3.8) is 0 Å². The Balaban J connectivity index is 2.06. The van der Waals surface area contributed by atoms with Crippen molar-refractivity contribution in [2.24, 2.45) is 0 Å². The number of thiocarbonyl (C=S) groups is 1. The first-order valence-electron chi connectivity index (χ1n) is 7.35. The van der Waals surface area contributed by atoms with Gasteiger partial charge in [0.15, 0.2) is 0 Å². The third-order valence-corrected chi connectivity index (χ3v) is 5.26. The molecule has 9 heteroatoms. The predicted molar refractivity (Wildman–Crippen MR) is 97.1 cm³/mol. The minimum atomic E-state index is -1.13. The molecular weight excluding hydrogens is 364 g/mol. The number of carboxylic acids is 1. The highest BCUT2D eigenvalue weighted by Crippen LogP contribution is 2.44. The summed E-state index contributed by atoms with van der Waals surface area (Å²) in [7, 11) is 1.52. The monoisotopic (exact) mass is 378 g/mol. The van der Waals surface area contributed by atoms with Crippen LogP contribution in [0.3, 0.4) is 0 Å². The summed E-state index contributed by atoms with van der Waals surface area (Å²) < 4.78 is 5.33. The van der Waals surface area contributed by atoms with Crippen LogP contribution in [0.15, 0.2) is 29.2 Å². The summed E-state index contributed by atoms with van der Waals surface area (Å²) in [5.41, 5.74) is 1.22. The smallest absolute Gasteiger partial charge is 0.323 e. The Hall–Kier alpha value is -2.23. The van der Waals surface area contributed by atoms with E-state index in [1.54, 1.807) is 24.3 Å². The maximum atomic E-state index is 12.8. The molecule has 0 unspecified atom stereocenters. The number of hydrogen-bond acceptors (Lipinski definition) is 6. The van der Waals surface area contributed by atoms with Crippen LogP contribution < -0.4 is 4.90 Å². The van der Waals surface area contributed by atoms with Crippen LogP contribution in [-0.4, -0.2) is 58.9 Å².